The van der Waals surface area contributed by atoms with Crippen molar-refractivity contribution in [3.8, 4) is 11.4 Å². The van der Waals surface area contributed by atoms with Crippen molar-refractivity contribution in [2.45, 2.75) is 13.8 Å². The van der Waals surface area contributed by atoms with E-state index in [0.717, 1.165) is 11.1 Å². The number of aromatic nitrogens is 2. The standard InChI is InChI=1S/C18H16N4O3/c1-11-5-3-4-6-15(11)18(24)21-20-17(23)14-9-7-13(8-10-14)16-19-12(2)25-22-16/h3-10H,1-2H3,(H,20,23)(H,21,24). The van der Waals surface area contributed by atoms with E-state index in [9.17, 15) is 9.59 Å². The molecule has 0 unspecified atom stereocenters. The van der Waals surface area contributed by atoms with Gasteiger partial charge in [-0.15, -0.1) is 0 Å². The maximum absolute atomic E-state index is 12.1. The first-order chi connectivity index (χ1) is 12.0. The molecule has 25 heavy (non-hydrogen) atoms. The van der Waals surface area contributed by atoms with E-state index in [1.807, 2.05) is 19.1 Å². The van der Waals surface area contributed by atoms with Crippen molar-refractivity contribution < 1.29 is 14.1 Å². The smallest absolute Gasteiger partial charge is 0.269 e. The maximum atomic E-state index is 12.1. The second-order valence-corrected chi connectivity index (χ2v) is 5.44. The molecule has 2 amide bonds. The highest BCUT2D eigenvalue weighted by atomic mass is 16.5. The van der Waals surface area contributed by atoms with Crippen LogP contribution in [0.4, 0.5) is 0 Å². The van der Waals surface area contributed by atoms with Gasteiger partial charge in [0.2, 0.25) is 11.7 Å². The Balaban J connectivity index is 1.63. The summed E-state index contributed by atoms with van der Waals surface area (Å²) in [7, 11) is 0. The zero-order valence-corrected chi connectivity index (χ0v) is 13.7. The van der Waals surface area contributed by atoms with Crippen LogP contribution in [0.25, 0.3) is 11.4 Å². The number of carbonyl (C=O) groups excluding carboxylic acids is 2. The van der Waals surface area contributed by atoms with Crippen LogP contribution in [0.2, 0.25) is 0 Å². The summed E-state index contributed by atoms with van der Waals surface area (Å²) in [5, 5.41) is 3.82. The van der Waals surface area contributed by atoms with Gasteiger partial charge in [0.25, 0.3) is 11.8 Å². The van der Waals surface area contributed by atoms with Crippen LogP contribution in [-0.4, -0.2) is 22.0 Å². The summed E-state index contributed by atoms with van der Waals surface area (Å²) in [6, 6.07) is 13.8. The van der Waals surface area contributed by atoms with Gasteiger partial charge in [0.05, 0.1) is 0 Å². The molecule has 0 bridgehead atoms. The highest BCUT2D eigenvalue weighted by Crippen LogP contribution is 2.16. The Morgan fingerprint density at radius 1 is 0.920 bits per heavy atom. The van der Waals surface area contributed by atoms with Gasteiger partial charge in [-0.3, -0.25) is 20.4 Å². The average Bonchev–Trinajstić information content (AvgIpc) is 3.06. The number of rotatable bonds is 3. The topological polar surface area (TPSA) is 97.1 Å². The van der Waals surface area contributed by atoms with Gasteiger partial charge >= 0.3 is 0 Å². The molecule has 3 aromatic rings. The second kappa shape index (κ2) is 6.96. The van der Waals surface area contributed by atoms with Crippen molar-refractivity contribution in [2.24, 2.45) is 0 Å². The summed E-state index contributed by atoms with van der Waals surface area (Å²) < 4.78 is 4.93. The fraction of sp³-hybridized carbons (Fsp3) is 0.111. The number of aryl methyl sites for hydroxylation is 2. The first-order valence-electron chi connectivity index (χ1n) is 7.61. The Labute approximate surface area is 144 Å². The molecule has 0 saturated carbocycles. The molecule has 0 atom stereocenters. The Hall–Kier alpha value is -3.48. The molecule has 7 nitrogen and oxygen atoms in total. The van der Waals surface area contributed by atoms with Crippen molar-refractivity contribution in [3.05, 3.63) is 71.1 Å². The molecular formula is C18H16N4O3. The van der Waals surface area contributed by atoms with Gasteiger partial charge in [-0.25, -0.2) is 0 Å². The molecule has 0 radical (unpaired) electrons. The summed E-state index contributed by atoms with van der Waals surface area (Å²) in [6.45, 7) is 3.53. The summed E-state index contributed by atoms with van der Waals surface area (Å²) in [5.41, 5.74) is 7.27. The lowest BCUT2D eigenvalue weighted by molar-refractivity contribution is 0.0846. The van der Waals surface area contributed by atoms with Crippen molar-refractivity contribution in [3.63, 3.8) is 0 Å². The van der Waals surface area contributed by atoms with Gasteiger partial charge < -0.3 is 4.52 Å². The molecule has 2 N–H and O–H groups in total. The largest absolute Gasteiger partial charge is 0.339 e. The van der Waals surface area contributed by atoms with Crippen LogP contribution in [0, 0.1) is 13.8 Å². The van der Waals surface area contributed by atoms with Gasteiger partial charge in [0, 0.05) is 23.6 Å². The SMILES string of the molecule is Cc1nc(-c2ccc(C(=O)NNC(=O)c3ccccc3C)cc2)no1. The molecule has 0 spiro atoms. The molecule has 1 heterocycles. The number of amides is 2. The highest BCUT2D eigenvalue weighted by Gasteiger charge is 2.12. The molecular weight excluding hydrogens is 320 g/mol. The zero-order valence-electron chi connectivity index (χ0n) is 13.7. The summed E-state index contributed by atoms with van der Waals surface area (Å²) in [6.07, 6.45) is 0. The van der Waals surface area contributed by atoms with Crippen LogP contribution in [-0.2, 0) is 0 Å². The lowest BCUT2D eigenvalue weighted by atomic mass is 10.1. The first-order valence-corrected chi connectivity index (χ1v) is 7.61. The van der Waals surface area contributed by atoms with Gasteiger partial charge in [-0.05, 0) is 30.7 Å². The van der Waals surface area contributed by atoms with Crippen LogP contribution in [0.3, 0.4) is 0 Å². The quantitative estimate of drug-likeness (QED) is 0.716. The van der Waals surface area contributed by atoms with Crippen molar-refractivity contribution in [1.29, 1.82) is 0 Å². The van der Waals surface area contributed by atoms with E-state index in [0.29, 0.717) is 22.8 Å². The van der Waals surface area contributed by atoms with Crippen LogP contribution in [0.1, 0.15) is 32.2 Å². The number of hydrogen-bond acceptors (Lipinski definition) is 5. The number of hydrazine groups is 1. The molecule has 126 valence electrons. The normalized spacial score (nSPS) is 10.3. The Bertz CT molecular complexity index is 916. The van der Waals surface area contributed by atoms with Crippen LogP contribution in [0.5, 0.6) is 0 Å². The Morgan fingerprint density at radius 2 is 1.60 bits per heavy atom. The van der Waals surface area contributed by atoms with E-state index >= 15 is 0 Å². The maximum Gasteiger partial charge on any atom is 0.269 e. The van der Waals surface area contributed by atoms with E-state index in [1.165, 1.54) is 0 Å². The summed E-state index contributed by atoms with van der Waals surface area (Å²) >= 11 is 0. The van der Waals surface area contributed by atoms with Gasteiger partial charge in [-0.2, -0.15) is 4.98 Å². The zero-order chi connectivity index (χ0) is 17.8. The highest BCUT2D eigenvalue weighted by molar-refractivity contribution is 5.99. The number of nitrogens with zero attached hydrogens (tertiary/aromatic N) is 2. The van der Waals surface area contributed by atoms with Crippen LogP contribution >= 0.6 is 0 Å². The minimum Gasteiger partial charge on any atom is -0.339 e. The molecule has 0 aliphatic heterocycles. The lowest BCUT2D eigenvalue weighted by Crippen LogP contribution is -2.41. The lowest BCUT2D eigenvalue weighted by Gasteiger charge is -2.09. The average molecular weight is 336 g/mol. The predicted molar refractivity (Wildman–Crippen MR) is 90.6 cm³/mol. The number of benzene rings is 2. The van der Waals surface area contributed by atoms with E-state index in [1.54, 1.807) is 43.3 Å². The molecule has 0 aliphatic carbocycles. The summed E-state index contributed by atoms with van der Waals surface area (Å²) in [4.78, 5) is 28.4. The van der Waals surface area contributed by atoms with E-state index in [4.69, 9.17) is 4.52 Å². The van der Waals surface area contributed by atoms with Crippen molar-refractivity contribution >= 4 is 11.8 Å². The minimum absolute atomic E-state index is 0.370. The second-order valence-electron chi connectivity index (χ2n) is 5.44. The third-order valence-corrected chi connectivity index (χ3v) is 3.61. The first kappa shape index (κ1) is 16.4. The Kier molecular flexibility index (Phi) is 4.56. The molecule has 3 rings (SSSR count). The third kappa shape index (κ3) is 3.72. The molecule has 0 fully saturated rings. The van der Waals surface area contributed by atoms with Gasteiger partial charge in [-0.1, -0.05) is 35.5 Å². The fourth-order valence-corrected chi connectivity index (χ4v) is 2.27. The van der Waals surface area contributed by atoms with Gasteiger partial charge in [0.15, 0.2) is 0 Å². The van der Waals surface area contributed by atoms with E-state index < -0.39 is 5.91 Å². The van der Waals surface area contributed by atoms with Crippen LogP contribution in [0.15, 0.2) is 53.1 Å². The van der Waals surface area contributed by atoms with Crippen LogP contribution < -0.4 is 10.9 Å². The number of nitrogens with one attached hydrogen (secondary N) is 2. The van der Waals surface area contributed by atoms with E-state index in [2.05, 4.69) is 21.0 Å². The Morgan fingerprint density at radius 3 is 2.24 bits per heavy atom. The molecule has 1 aromatic heterocycles. The molecule has 0 aliphatic rings. The minimum atomic E-state index is -0.419. The molecule has 0 saturated heterocycles. The molecule has 7 heteroatoms. The fourth-order valence-electron chi connectivity index (χ4n) is 2.27. The van der Waals surface area contributed by atoms with E-state index in [-0.39, 0.29) is 5.91 Å². The number of hydrogen-bond donors (Lipinski definition) is 2. The van der Waals surface area contributed by atoms with Crippen molar-refractivity contribution in [2.75, 3.05) is 0 Å². The summed E-state index contributed by atoms with van der Waals surface area (Å²) in [5.74, 6) is 0.135. The third-order valence-electron chi connectivity index (χ3n) is 3.61. The predicted octanol–water partition coefficient (Wildman–Crippen LogP) is 2.43. The van der Waals surface area contributed by atoms with Gasteiger partial charge in [0.1, 0.15) is 0 Å². The van der Waals surface area contributed by atoms with Crippen molar-refractivity contribution in [1.82, 2.24) is 21.0 Å². The monoisotopic (exact) mass is 336 g/mol. The number of carbonyl (C=O) groups is 2. The molecule has 2 aromatic carbocycles.